The van der Waals surface area contributed by atoms with Gasteiger partial charge in [0.05, 0.1) is 0 Å². The van der Waals surface area contributed by atoms with E-state index in [9.17, 15) is 4.79 Å². The van der Waals surface area contributed by atoms with Gasteiger partial charge in [-0.1, -0.05) is 55.5 Å². The van der Waals surface area contributed by atoms with Gasteiger partial charge in [0.25, 0.3) is 5.91 Å². The van der Waals surface area contributed by atoms with Crippen molar-refractivity contribution in [1.29, 1.82) is 0 Å². The Morgan fingerprint density at radius 2 is 1.58 bits per heavy atom. The van der Waals surface area contributed by atoms with Gasteiger partial charge in [0, 0.05) is 11.6 Å². The molecule has 0 saturated heterocycles. The summed E-state index contributed by atoms with van der Waals surface area (Å²) in [6, 6.07) is 19.8. The minimum Gasteiger partial charge on any atom is -0.349 e. The Balaban J connectivity index is 1.98. The quantitative estimate of drug-likeness (QED) is 0.869. The molecule has 0 radical (unpaired) electrons. The average molecular weight is 253 g/mol. The molecule has 1 atom stereocenters. The van der Waals surface area contributed by atoms with Gasteiger partial charge in [-0.05, 0) is 30.5 Å². The van der Waals surface area contributed by atoms with Crippen LogP contribution in [0.5, 0.6) is 0 Å². The third-order valence-corrected chi connectivity index (χ3v) is 3.19. The van der Waals surface area contributed by atoms with Crippen molar-refractivity contribution < 1.29 is 4.79 Å². The van der Waals surface area contributed by atoms with Crippen LogP contribution in [0.2, 0.25) is 0 Å². The van der Waals surface area contributed by atoms with Gasteiger partial charge in [0.1, 0.15) is 0 Å². The highest BCUT2D eigenvalue weighted by atomic mass is 16.1. The van der Waals surface area contributed by atoms with Crippen molar-refractivity contribution in [1.82, 2.24) is 5.32 Å². The molecule has 0 spiro atoms. The zero-order valence-corrected chi connectivity index (χ0v) is 11.2. The number of carbonyl (C=O) groups is 1. The van der Waals surface area contributed by atoms with Crippen LogP contribution < -0.4 is 5.32 Å². The molecule has 0 unspecified atom stereocenters. The highest BCUT2D eigenvalue weighted by Crippen LogP contribution is 2.07. The van der Waals surface area contributed by atoms with E-state index in [1.807, 2.05) is 48.5 Å². The smallest absolute Gasteiger partial charge is 0.251 e. The Morgan fingerprint density at radius 3 is 2.16 bits per heavy atom. The Bertz CT molecular complexity index is 507. The summed E-state index contributed by atoms with van der Waals surface area (Å²) in [5, 5.41) is 3.09. The molecular formula is C17H19NO. The van der Waals surface area contributed by atoms with Gasteiger partial charge in [-0.15, -0.1) is 0 Å². The van der Waals surface area contributed by atoms with Crippen molar-refractivity contribution in [3.05, 3.63) is 71.8 Å². The van der Waals surface area contributed by atoms with E-state index >= 15 is 0 Å². The van der Waals surface area contributed by atoms with Crippen molar-refractivity contribution in [2.45, 2.75) is 25.8 Å². The minimum absolute atomic E-state index is 0.00313. The van der Waals surface area contributed by atoms with E-state index in [0.29, 0.717) is 5.56 Å². The fourth-order valence-corrected chi connectivity index (χ4v) is 2.05. The lowest BCUT2D eigenvalue weighted by Crippen LogP contribution is -2.35. The first-order chi connectivity index (χ1) is 9.29. The Kier molecular flexibility index (Phi) is 4.73. The van der Waals surface area contributed by atoms with Crippen LogP contribution in [-0.2, 0) is 6.42 Å². The lowest BCUT2D eigenvalue weighted by atomic mass is 10.0. The lowest BCUT2D eigenvalue weighted by Gasteiger charge is -2.17. The van der Waals surface area contributed by atoms with Crippen LogP contribution in [0, 0.1) is 0 Å². The van der Waals surface area contributed by atoms with Crippen LogP contribution in [0.15, 0.2) is 60.7 Å². The second kappa shape index (κ2) is 6.74. The van der Waals surface area contributed by atoms with E-state index in [1.54, 1.807) is 0 Å². The Morgan fingerprint density at radius 1 is 1.00 bits per heavy atom. The molecule has 2 rings (SSSR count). The molecule has 0 aliphatic heterocycles. The summed E-state index contributed by atoms with van der Waals surface area (Å²) >= 11 is 0. The van der Waals surface area contributed by atoms with E-state index in [0.717, 1.165) is 12.8 Å². The summed E-state index contributed by atoms with van der Waals surface area (Å²) in [6.45, 7) is 2.10. The van der Waals surface area contributed by atoms with Gasteiger partial charge in [0.2, 0.25) is 0 Å². The first-order valence-corrected chi connectivity index (χ1v) is 6.69. The standard InChI is InChI=1S/C17H19NO/c1-2-16(13-14-9-5-3-6-10-14)18-17(19)15-11-7-4-8-12-15/h3-12,16H,2,13H2,1H3,(H,18,19)/t16-/m1/s1. The summed E-state index contributed by atoms with van der Waals surface area (Å²) in [5.74, 6) is 0.00313. The number of carbonyl (C=O) groups excluding carboxylic acids is 1. The van der Waals surface area contributed by atoms with Gasteiger partial charge in [0.15, 0.2) is 0 Å². The van der Waals surface area contributed by atoms with Crippen molar-refractivity contribution >= 4 is 5.91 Å². The summed E-state index contributed by atoms with van der Waals surface area (Å²) < 4.78 is 0. The lowest BCUT2D eigenvalue weighted by molar-refractivity contribution is 0.0936. The molecule has 1 amide bonds. The maximum Gasteiger partial charge on any atom is 0.251 e. The van der Waals surface area contributed by atoms with E-state index in [4.69, 9.17) is 0 Å². The SMILES string of the molecule is CC[C@H](Cc1ccccc1)NC(=O)c1ccccc1. The molecule has 2 heteroatoms. The van der Waals surface area contributed by atoms with E-state index < -0.39 is 0 Å². The third kappa shape index (κ3) is 3.95. The van der Waals surface area contributed by atoms with Gasteiger partial charge in [-0.25, -0.2) is 0 Å². The number of benzene rings is 2. The van der Waals surface area contributed by atoms with Crippen molar-refractivity contribution in [2.75, 3.05) is 0 Å². The largest absolute Gasteiger partial charge is 0.349 e. The van der Waals surface area contributed by atoms with Crippen LogP contribution in [0.3, 0.4) is 0 Å². The fraction of sp³-hybridized carbons (Fsp3) is 0.235. The number of amides is 1. The summed E-state index contributed by atoms with van der Waals surface area (Å²) in [6.07, 6.45) is 1.80. The average Bonchev–Trinajstić information content (AvgIpc) is 2.48. The third-order valence-electron chi connectivity index (χ3n) is 3.19. The van der Waals surface area contributed by atoms with Gasteiger partial charge in [-0.3, -0.25) is 4.79 Å². The summed E-state index contributed by atoms with van der Waals surface area (Å²) in [7, 11) is 0. The topological polar surface area (TPSA) is 29.1 Å². The van der Waals surface area contributed by atoms with Crippen molar-refractivity contribution in [3.8, 4) is 0 Å². The predicted molar refractivity (Wildman–Crippen MR) is 78.1 cm³/mol. The maximum absolute atomic E-state index is 12.1. The first-order valence-electron chi connectivity index (χ1n) is 6.69. The second-order valence-electron chi connectivity index (χ2n) is 4.63. The zero-order valence-electron chi connectivity index (χ0n) is 11.2. The van der Waals surface area contributed by atoms with Crippen LogP contribution in [0.4, 0.5) is 0 Å². The first kappa shape index (κ1) is 13.3. The van der Waals surface area contributed by atoms with Crippen LogP contribution in [0.1, 0.15) is 29.3 Å². The normalized spacial score (nSPS) is 11.8. The number of hydrogen-bond acceptors (Lipinski definition) is 1. The molecule has 0 heterocycles. The van der Waals surface area contributed by atoms with E-state index in [-0.39, 0.29) is 11.9 Å². The van der Waals surface area contributed by atoms with E-state index in [1.165, 1.54) is 5.56 Å². The molecular weight excluding hydrogens is 234 g/mol. The highest BCUT2D eigenvalue weighted by Gasteiger charge is 2.12. The molecule has 2 aromatic rings. The second-order valence-corrected chi connectivity index (χ2v) is 4.63. The highest BCUT2D eigenvalue weighted by molar-refractivity contribution is 5.94. The van der Waals surface area contributed by atoms with Crippen molar-refractivity contribution in [3.63, 3.8) is 0 Å². The van der Waals surface area contributed by atoms with Crippen LogP contribution in [0.25, 0.3) is 0 Å². The van der Waals surface area contributed by atoms with Crippen LogP contribution in [-0.4, -0.2) is 11.9 Å². The molecule has 1 N–H and O–H groups in total. The number of hydrogen-bond donors (Lipinski definition) is 1. The Labute approximate surface area is 114 Å². The number of rotatable bonds is 5. The van der Waals surface area contributed by atoms with E-state index in [2.05, 4.69) is 24.4 Å². The molecule has 0 saturated carbocycles. The van der Waals surface area contributed by atoms with Gasteiger partial charge < -0.3 is 5.32 Å². The molecule has 2 nitrogen and oxygen atoms in total. The monoisotopic (exact) mass is 253 g/mol. The molecule has 0 aliphatic carbocycles. The zero-order chi connectivity index (χ0) is 13.5. The molecule has 0 fully saturated rings. The minimum atomic E-state index is 0.00313. The fourth-order valence-electron chi connectivity index (χ4n) is 2.05. The molecule has 0 bridgehead atoms. The number of nitrogens with one attached hydrogen (secondary N) is 1. The Hall–Kier alpha value is -2.09. The molecule has 98 valence electrons. The van der Waals surface area contributed by atoms with Crippen molar-refractivity contribution in [2.24, 2.45) is 0 Å². The van der Waals surface area contributed by atoms with Gasteiger partial charge >= 0.3 is 0 Å². The molecule has 2 aromatic carbocycles. The summed E-state index contributed by atoms with van der Waals surface area (Å²) in [4.78, 5) is 12.1. The van der Waals surface area contributed by atoms with Gasteiger partial charge in [-0.2, -0.15) is 0 Å². The predicted octanol–water partition coefficient (Wildman–Crippen LogP) is 3.44. The molecule has 19 heavy (non-hydrogen) atoms. The molecule has 0 aromatic heterocycles. The molecule has 0 aliphatic rings. The summed E-state index contributed by atoms with van der Waals surface area (Å²) in [5.41, 5.74) is 1.97. The van der Waals surface area contributed by atoms with Crippen LogP contribution >= 0.6 is 0 Å². The maximum atomic E-state index is 12.1.